The quantitative estimate of drug-likeness (QED) is 0.784. The van der Waals surface area contributed by atoms with Crippen molar-refractivity contribution >= 4 is 0 Å². The Bertz CT molecular complexity index is 310. The van der Waals surface area contributed by atoms with Gasteiger partial charge < -0.3 is 10.1 Å². The van der Waals surface area contributed by atoms with Gasteiger partial charge in [0.1, 0.15) is 0 Å². The van der Waals surface area contributed by atoms with Crippen molar-refractivity contribution in [3.63, 3.8) is 0 Å². The van der Waals surface area contributed by atoms with Crippen LogP contribution in [0, 0.1) is 11.3 Å². The third kappa shape index (κ3) is 4.49. The topological polar surface area (TPSA) is 21.3 Å². The Labute approximate surface area is 105 Å². The molecule has 1 aromatic rings. The van der Waals surface area contributed by atoms with Crippen molar-refractivity contribution in [3.8, 4) is 0 Å². The molecule has 0 saturated heterocycles. The number of benzene rings is 1. The Morgan fingerprint density at radius 2 is 1.88 bits per heavy atom. The molecule has 0 aromatic heterocycles. The van der Waals surface area contributed by atoms with Crippen molar-refractivity contribution in [1.82, 2.24) is 5.32 Å². The highest BCUT2D eigenvalue weighted by atomic mass is 16.5. The van der Waals surface area contributed by atoms with Gasteiger partial charge in [-0.2, -0.15) is 0 Å². The summed E-state index contributed by atoms with van der Waals surface area (Å²) >= 11 is 0. The van der Waals surface area contributed by atoms with Crippen molar-refractivity contribution in [2.75, 3.05) is 20.2 Å². The lowest BCUT2D eigenvalue weighted by molar-refractivity contribution is 0.0184. The third-order valence-corrected chi connectivity index (χ3v) is 3.52. The molecule has 0 aliphatic heterocycles. The average molecular weight is 235 g/mol. The van der Waals surface area contributed by atoms with Gasteiger partial charge in [0, 0.05) is 12.0 Å². The minimum Gasteiger partial charge on any atom is -0.376 e. The Morgan fingerprint density at radius 1 is 1.24 bits per heavy atom. The highest BCUT2D eigenvalue weighted by molar-refractivity contribution is 5.13. The fourth-order valence-corrected chi connectivity index (χ4v) is 1.80. The van der Waals surface area contributed by atoms with Gasteiger partial charge >= 0.3 is 0 Å². The van der Waals surface area contributed by atoms with Gasteiger partial charge in [-0.3, -0.25) is 0 Å². The molecule has 0 spiro atoms. The largest absolute Gasteiger partial charge is 0.376 e. The molecule has 0 fully saturated rings. The van der Waals surface area contributed by atoms with Crippen molar-refractivity contribution in [2.45, 2.75) is 27.4 Å². The van der Waals surface area contributed by atoms with E-state index in [1.807, 2.05) is 25.2 Å². The highest BCUT2D eigenvalue weighted by Crippen LogP contribution is 2.26. The fourth-order valence-electron chi connectivity index (χ4n) is 1.80. The summed E-state index contributed by atoms with van der Waals surface area (Å²) < 4.78 is 5.86. The zero-order valence-corrected chi connectivity index (χ0v) is 11.5. The Hall–Kier alpha value is -0.860. The lowest BCUT2D eigenvalue weighted by Gasteiger charge is -2.33. The molecule has 1 atom stereocenters. The molecular formula is C15H25NO. The van der Waals surface area contributed by atoms with E-state index >= 15 is 0 Å². The molecule has 1 unspecified atom stereocenters. The maximum Gasteiger partial charge on any atom is 0.0717 e. The van der Waals surface area contributed by atoms with E-state index < -0.39 is 0 Å². The van der Waals surface area contributed by atoms with Crippen LogP contribution in [-0.4, -0.2) is 20.2 Å². The summed E-state index contributed by atoms with van der Waals surface area (Å²) in [6.45, 7) is 9.26. The van der Waals surface area contributed by atoms with Crippen LogP contribution in [0.5, 0.6) is 0 Å². The number of ether oxygens (including phenoxy) is 1. The predicted octanol–water partition coefficient (Wildman–Crippen LogP) is 3.08. The molecule has 2 heteroatoms. The molecule has 0 heterocycles. The molecule has 1 N–H and O–H groups in total. The molecule has 0 amide bonds. The van der Waals surface area contributed by atoms with Crippen LogP contribution in [0.1, 0.15) is 26.3 Å². The van der Waals surface area contributed by atoms with Crippen molar-refractivity contribution < 1.29 is 4.74 Å². The summed E-state index contributed by atoms with van der Waals surface area (Å²) in [5.74, 6) is 0.603. The van der Waals surface area contributed by atoms with Gasteiger partial charge in [0.2, 0.25) is 0 Å². The first-order valence-corrected chi connectivity index (χ1v) is 6.35. The molecule has 1 aromatic carbocycles. The summed E-state index contributed by atoms with van der Waals surface area (Å²) in [5.41, 5.74) is 1.44. The van der Waals surface area contributed by atoms with Gasteiger partial charge in [0.15, 0.2) is 0 Å². The number of hydrogen-bond donors (Lipinski definition) is 1. The normalized spacial score (nSPS) is 14.9. The Morgan fingerprint density at radius 3 is 2.41 bits per heavy atom. The van der Waals surface area contributed by atoms with Crippen LogP contribution >= 0.6 is 0 Å². The minimum absolute atomic E-state index is 0.198. The van der Waals surface area contributed by atoms with Crippen molar-refractivity contribution in [1.29, 1.82) is 0 Å². The smallest absolute Gasteiger partial charge is 0.0717 e. The minimum atomic E-state index is 0.198. The first-order valence-electron chi connectivity index (χ1n) is 6.35. The first-order chi connectivity index (χ1) is 8.08. The lowest BCUT2D eigenvalue weighted by atomic mass is 9.80. The third-order valence-electron chi connectivity index (χ3n) is 3.52. The van der Waals surface area contributed by atoms with Gasteiger partial charge in [-0.15, -0.1) is 0 Å². The van der Waals surface area contributed by atoms with E-state index in [9.17, 15) is 0 Å². The second-order valence-corrected chi connectivity index (χ2v) is 5.32. The molecule has 2 nitrogen and oxygen atoms in total. The monoisotopic (exact) mass is 235 g/mol. The average Bonchev–Trinajstić information content (AvgIpc) is 2.30. The van der Waals surface area contributed by atoms with E-state index in [4.69, 9.17) is 4.74 Å². The van der Waals surface area contributed by atoms with Gasteiger partial charge in [0.05, 0.1) is 13.2 Å². The molecule has 17 heavy (non-hydrogen) atoms. The number of hydrogen-bond acceptors (Lipinski definition) is 2. The zero-order chi connectivity index (χ0) is 12.7. The van der Waals surface area contributed by atoms with E-state index in [0.717, 1.165) is 13.2 Å². The summed E-state index contributed by atoms with van der Waals surface area (Å²) in [4.78, 5) is 0. The van der Waals surface area contributed by atoms with E-state index in [-0.39, 0.29) is 5.41 Å². The van der Waals surface area contributed by atoms with Gasteiger partial charge in [-0.1, -0.05) is 51.1 Å². The van der Waals surface area contributed by atoms with E-state index in [2.05, 4.69) is 38.2 Å². The fraction of sp³-hybridized carbons (Fsp3) is 0.600. The van der Waals surface area contributed by atoms with Crippen LogP contribution in [0.15, 0.2) is 30.3 Å². The highest BCUT2D eigenvalue weighted by Gasteiger charge is 2.27. The zero-order valence-electron chi connectivity index (χ0n) is 11.5. The Kier molecular flexibility index (Phi) is 5.66. The molecule has 0 saturated carbocycles. The number of nitrogens with one attached hydrogen (secondary N) is 1. The Balaban J connectivity index is 2.43. The van der Waals surface area contributed by atoms with Crippen LogP contribution in [0.4, 0.5) is 0 Å². The number of rotatable bonds is 7. The first kappa shape index (κ1) is 14.2. The molecule has 96 valence electrons. The van der Waals surface area contributed by atoms with Crippen LogP contribution in [0.3, 0.4) is 0 Å². The summed E-state index contributed by atoms with van der Waals surface area (Å²) in [6, 6.07) is 10.3. The van der Waals surface area contributed by atoms with Crippen LogP contribution in [-0.2, 0) is 11.3 Å². The molecular weight excluding hydrogens is 210 g/mol. The SMILES string of the molecule is CNCC(C)(COCc1ccccc1)C(C)C. The van der Waals surface area contributed by atoms with Crippen molar-refractivity contribution in [3.05, 3.63) is 35.9 Å². The second-order valence-electron chi connectivity index (χ2n) is 5.32. The second kappa shape index (κ2) is 6.77. The molecule has 0 bridgehead atoms. The maximum absolute atomic E-state index is 5.86. The lowest BCUT2D eigenvalue weighted by Crippen LogP contribution is -2.38. The maximum atomic E-state index is 5.86. The van der Waals surface area contributed by atoms with Crippen LogP contribution < -0.4 is 5.32 Å². The summed E-state index contributed by atoms with van der Waals surface area (Å²) in [5, 5.41) is 3.26. The van der Waals surface area contributed by atoms with Gasteiger partial charge in [-0.25, -0.2) is 0 Å². The molecule has 0 aliphatic carbocycles. The predicted molar refractivity (Wildman–Crippen MR) is 73.0 cm³/mol. The summed E-state index contributed by atoms with van der Waals surface area (Å²) in [7, 11) is 2.00. The summed E-state index contributed by atoms with van der Waals surface area (Å²) in [6.07, 6.45) is 0. The van der Waals surface area contributed by atoms with Gasteiger partial charge in [0.25, 0.3) is 0 Å². The molecule has 0 radical (unpaired) electrons. The van der Waals surface area contributed by atoms with E-state index in [1.165, 1.54) is 5.56 Å². The molecule has 0 aliphatic rings. The van der Waals surface area contributed by atoms with Gasteiger partial charge in [-0.05, 0) is 18.5 Å². The standard InChI is InChI=1S/C15H25NO/c1-13(2)15(3,11-16-4)12-17-10-14-8-6-5-7-9-14/h5-9,13,16H,10-12H2,1-4H3. The van der Waals surface area contributed by atoms with Crippen LogP contribution in [0.2, 0.25) is 0 Å². The van der Waals surface area contributed by atoms with Crippen molar-refractivity contribution in [2.24, 2.45) is 11.3 Å². The van der Waals surface area contributed by atoms with E-state index in [1.54, 1.807) is 0 Å². The van der Waals surface area contributed by atoms with Crippen LogP contribution in [0.25, 0.3) is 0 Å². The molecule has 1 rings (SSSR count). The van der Waals surface area contributed by atoms with E-state index in [0.29, 0.717) is 12.5 Å².